The van der Waals surface area contributed by atoms with Crippen molar-refractivity contribution in [1.82, 2.24) is 29.3 Å². The maximum Gasteiger partial charge on any atom is 0.180 e. The molecule has 59 heavy (non-hydrogen) atoms. The Morgan fingerprint density at radius 2 is 1.32 bits per heavy atom. The number of benzene rings is 6. The van der Waals surface area contributed by atoms with Gasteiger partial charge in [-0.15, -0.1) is 58.7 Å². The number of imidazole rings is 1. The van der Waals surface area contributed by atoms with Crippen LogP contribution in [0.2, 0.25) is 0 Å². The molecule has 3 aromatic heterocycles. The van der Waals surface area contributed by atoms with Crippen LogP contribution < -0.4 is 0 Å². The van der Waals surface area contributed by atoms with Crippen molar-refractivity contribution in [1.29, 1.82) is 5.26 Å². The van der Waals surface area contributed by atoms with Crippen LogP contribution in [0.25, 0.3) is 67.5 Å². The van der Waals surface area contributed by atoms with E-state index >= 15 is 0 Å². The summed E-state index contributed by atoms with van der Waals surface area (Å²) in [6.45, 7) is 10.7. The molecule has 9 aromatic rings. The van der Waals surface area contributed by atoms with Crippen molar-refractivity contribution in [3.05, 3.63) is 181 Å². The molecule has 0 aliphatic carbocycles. The monoisotopic (exact) mass is 948 g/mol. The minimum absolute atomic E-state index is 0. The van der Waals surface area contributed by atoms with Crippen LogP contribution in [-0.2, 0) is 20.1 Å². The minimum Gasteiger partial charge on any atom is -0.488 e. The molecule has 1 radical (unpaired) electrons. The minimum atomic E-state index is 0. The first-order chi connectivity index (χ1) is 28.3. The maximum atomic E-state index is 9.19. The van der Waals surface area contributed by atoms with Crippen molar-refractivity contribution in [2.24, 2.45) is 0 Å². The molecule has 3 heterocycles. The summed E-state index contributed by atoms with van der Waals surface area (Å²) in [6.07, 6.45) is 5.56. The van der Waals surface area contributed by atoms with E-state index in [4.69, 9.17) is 4.42 Å². The summed E-state index contributed by atoms with van der Waals surface area (Å²) in [7, 11) is 0. The summed E-state index contributed by atoms with van der Waals surface area (Å²) >= 11 is 0. The van der Waals surface area contributed by atoms with E-state index in [0.29, 0.717) is 34.7 Å². The molecule has 6 aromatic carbocycles. The molecule has 9 heteroatoms. The number of aromatic nitrogens is 6. The SMILES string of the molecule is CC(C)c1cccc(C(C)C)c1-n1ccnc1-c1[c-]ccc(C#N)c1.Cc1nc2cc(-c3nncn3-c3c(-c4ccccc4)cccc3-c3ccccc3)[c-]cc2o1.[Ir]. The van der Waals surface area contributed by atoms with E-state index in [1.165, 1.54) is 16.8 Å². The van der Waals surface area contributed by atoms with Gasteiger partial charge in [0.15, 0.2) is 5.89 Å². The maximum absolute atomic E-state index is 9.19. The topological polar surface area (TPSA) is 98.4 Å². The van der Waals surface area contributed by atoms with Gasteiger partial charge in [-0.3, -0.25) is 4.98 Å². The van der Waals surface area contributed by atoms with Gasteiger partial charge in [-0.1, -0.05) is 125 Å². The normalized spacial score (nSPS) is 10.9. The van der Waals surface area contributed by atoms with E-state index in [2.05, 4.69) is 156 Å². The van der Waals surface area contributed by atoms with Gasteiger partial charge < -0.3 is 13.6 Å². The zero-order chi connectivity index (χ0) is 40.2. The average molecular weight is 948 g/mol. The van der Waals surface area contributed by atoms with Crippen LogP contribution in [0.4, 0.5) is 0 Å². The molecule has 0 atom stereocenters. The van der Waals surface area contributed by atoms with Crippen LogP contribution >= 0.6 is 0 Å². The zero-order valence-corrected chi connectivity index (χ0v) is 35.8. The van der Waals surface area contributed by atoms with E-state index in [1.807, 2.05) is 54.2 Å². The second-order valence-corrected chi connectivity index (χ2v) is 14.6. The number of fused-ring (bicyclic) bond motifs is 1. The van der Waals surface area contributed by atoms with Crippen molar-refractivity contribution < 1.29 is 24.5 Å². The molecular weight excluding hydrogens is 907 g/mol. The van der Waals surface area contributed by atoms with Gasteiger partial charge in [0.25, 0.3) is 0 Å². The number of nitrogens with zero attached hydrogens (tertiary/aromatic N) is 7. The molecule has 9 rings (SSSR count). The van der Waals surface area contributed by atoms with Crippen LogP contribution in [0.1, 0.15) is 62.1 Å². The predicted molar refractivity (Wildman–Crippen MR) is 230 cm³/mol. The number of aryl methyl sites for hydroxylation is 1. The van der Waals surface area contributed by atoms with Crippen molar-refractivity contribution in [3.63, 3.8) is 0 Å². The van der Waals surface area contributed by atoms with Crippen molar-refractivity contribution >= 4 is 11.1 Å². The number of nitriles is 1. The second kappa shape index (κ2) is 17.8. The van der Waals surface area contributed by atoms with E-state index < -0.39 is 0 Å². The van der Waals surface area contributed by atoms with E-state index in [9.17, 15) is 5.26 Å². The summed E-state index contributed by atoms with van der Waals surface area (Å²) in [5, 5.41) is 17.9. The molecule has 293 valence electrons. The van der Waals surface area contributed by atoms with Gasteiger partial charge in [-0.05, 0) is 39.7 Å². The Kier molecular flexibility index (Phi) is 12.2. The summed E-state index contributed by atoms with van der Waals surface area (Å²) in [5.74, 6) is 2.93. The van der Waals surface area contributed by atoms with Gasteiger partial charge in [0.2, 0.25) is 0 Å². The first kappa shape index (κ1) is 40.5. The average Bonchev–Trinajstić information content (AvgIpc) is 4.04. The molecule has 8 nitrogen and oxygen atoms in total. The van der Waals surface area contributed by atoms with Gasteiger partial charge in [0, 0.05) is 61.8 Å². The Balaban J connectivity index is 0.000000183. The van der Waals surface area contributed by atoms with E-state index in [1.54, 1.807) is 18.5 Å². The van der Waals surface area contributed by atoms with Crippen LogP contribution in [-0.4, -0.2) is 29.3 Å². The van der Waals surface area contributed by atoms with Crippen LogP contribution in [0.5, 0.6) is 0 Å². The molecule has 0 aliphatic heterocycles. The molecule has 0 fully saturated rings. The molecule has 0 bridgehead atoms. The molecule has 0 spiro atoms. The van der Waals surface area contributed by atoms with Gasteiger partial charge in [0.1, 0.15) is 6.33 Å². The third-order valence-corrected chi connectivity index (χ3v) is 10.1. The number of hydrogen-bond acceptors (Lipinski definition) is 6. The van der Waals surface area contributed by atoms with Crippen LogP contribution in [0.15, 0.2) is 151 Å². The largest absolute Gasteiger partial charge is 0.488 e. The number of oxazole rings is 1. The number of para-hydroxylation sites is 2. The standard InChI is InChI=1S/C28H19N4O.C22H22N3.Ir/c1-19-30-25-17-22(15-16-26(25)33-19)28-31-29-18-32(28)27-23(20-9-4-2-5-10-20)13-8-14-24(27)21-11-6-3-7-12-21;1-15(2)19-9-6-10-20(16(3)4)21(19)25-12-11-24-22(25)18-8-5-7-17(13-18)14-23;/h2-14,16-18H,1H3;5-7,9-13,15-16H,1-4H3;/q2*-1;. The fraction of sp³-hybridized carbons (Fsp3) is 0.140. The Morgan fingerprint density at radius 1 is 0.695 bits per heavy atom. The third kappa shape index (κ3) is 8.33. The first-order valence-electron chi connectivity index (χ1n) is 19.3. The summed E-state index contributed by atoms with van der Waals surface area (Å²) in [4.78, 5) is 9.03. The quantitative estimate of drug-likeness (QED) is 0.141. The molecule has 0 saturated heterocycles. The summed E-state index contributed by atoms with van der Waals surface area (Å²) < 4.78 is 9.80. The zero-order valence-electron chi connectivity index (χ0n) is 33.4. The smallest absolute Gasteiger partial charge is 0.180 e. The number of hydrogen-bond donors (Lipinski definition) is 0. The second-order valence-electron chi connectivity index (χ2n) is 14.6. The Morgan fingerprint density at radius 3 is 1.95 bits per heavy atom. The molecule has 0 N–H and O–H groups in total. The molecule has 0 amide bonds. The van der Waals surface area contributed by atoms with E-state index in [0.717, 1.165) is 50.4 Å². The Labute approximate surface area is 358 Å². The van der Waals surface area contributed by atoms with Gasteiger partial charge in [0.05, 0.1) is 29.0 Å². The molecule has 0 aliphatic rings. The third-order valence-electron chi connectivity index (χ3n) is 10.1. The van der Waals surface area contributed by atoms with Crippen LogP contribution in [0, 0.1) is 30.4 Å². The van der Waals surface area contributed by atoms with E-state index in [-0.39, 0.29) is 20.1 Å². The van der Waals surface area contributed by atoms with Crippen LogP contribution in [0.3, 0.4) is 0 Å². The predicted octanol–water partition coefficient (Wildman–Crippen LogP) is 12.0. The summed E-state index contributed by atoms with van der Waals surface area (Å²) in [6, 6.07) is 51.4. The molecule has 0 saturated carbocycles. The fourth-order valence-corrected chi connectivity index (χ4v) is 7.34. The summed E-state index contributed by atoms with van der Waals surface area (Å²) in [5.41, 5.74) is 12.9. The van der Waals surface area contributed by atoms with Gasteiger partial charge >= 0.3 is 0 Å². The molecule has 0 unspecified atom stereocenters. The van der Waals surface area contributed by atoms with Crippen molar-refractivity contribution in [3.8, 4) is 62.5 Å². The Bertz CT molecular complexity index is 2800. The fourth-order valence-electron chi connectivity index (χ4n) is 7.34. The Hall–Kier alpha value is -6.72. The van der Waals surface area contributed by atoms with Crippen molar-refractivity contribution in [2.75, 3.05) is 0 Å². The number of rotatable bonds is 8. The first-order valence-corrected chi connectivity index (χ1v) is 19.3. The van der Waals surface area contributed by atoms with Crippen molar-refractivity contribution in [2.45, 2.75) is 46.5 Å². The molecular formula is C50H41IrN7O-2. The van der Waals surface area contributed by atoms with Gasteiger partial charge in [-0.2, -0.15) is 10.4 Å². The van der Waals surface area contributed by atoms with Gasteiger partial charge in [-0.25, -0.2) is 4.98 Å².